The summed E-state index contributed by atoms with van der Waals surface area (Å²) in [5.41, 5.74) is 2.30. The fourth-order valence-corrected chi connectivity index (χ4v) is 3.02. The van der Waals surface area contributed by atoms with Gasteiger partial charge in [-0.2, -0.15) is 4.98 Å². The number of pyridine rings is 1. The number of fused-ring (bicyclic) bond motifs is 1. The van der Waals surface area contributed by atoms with Gasteiger partial charge >= 0.3 is 0 Å². The lowest BCUT2D eigenvalue weighted by atomic mass is 10.1. The van der Waals surface area contributed by atoms with Gasteiger partial charge in [0.15, 0.2) is 5.65 Å². The third-order valence-corrected chi connectivity index (χ3v) is 4.65. The maximum Gasteiger partial charge on any atom is 0.256 e. The van der Waals surface area contributed by atoms with Crippen molar-refractivity contribution in [1.82, 2.24) is 19.9 Å². The van der Waals surface area contributed by atoms with Gasteiger partial charge in [0.25, 0.3) is 11.5 Å². The first-order valence-electron chi connectivity index (χ1n) is 9.23. The number of carbonyl (C=O) groups excluding carboxylic acids is 1. The normalized spacial score (nSPS) is 13.3. The molecule has 7 nitrogen and oxygen atoms in total. The molecule has 0 saturated heterocycles. The van der Waals surface area contributed by atoms with Gasteiger partial charge in [-0.15, -0.1) is 6.58 Å². The summed E-state index contributed by atoms with van der Waals surface area (Å²) < 4.78 is 1.53. The number of benzene rings is 1. The molecule has 1 fully saturated rings. The van der Waals surface area contributed by atoms with Crippen LogP contribution in [-0.4, -0.2) is 33.0 Å². The van der Waals surface area contributed by atoms with Crippen LogP contribution in [0.1, 0.15) is 28.9 Å². The van der Waals surface area contributed by atoms with Gasteiger partial charge in [-0.3, -0.25) is 14.2 Å². The van der Waals surface area contributed by atoms with Gasteiger partial charge in [0, 0.05) is 29.6 Å². The zero-order chi connectivity index (χ0) is 19.7. The SMILES string of the molecule is C=CCNc1nc(C)c2ccc(=O)n(-c3ccc(C(=O)NC4CC4)cc3)c2n1. The molecule has 1 aromatic carbocycles. The van der Waals surface area contributed by atoms with E-state index in [4.69, 9.17) is 0 Å². The highest BCUT2D eigenvalue weighted by molar-refractivity contribution is 5.94. The van der Waals surface area contributed by atoms with E-state index in [1.807, 2.05) is 6.92 Å². The molecule has 1 aliphatic carbocycles. The minimum absolute atomic E-state index is 0.0894. The van der Waals surface area contributed by atoms with E-state index in [2.05, 4.69) is 27.2 Å². The average molecular weight is 375 g/mol. The summed E-state index contributed by atoms with van der Waals surface area (Å²) in [4.78, 5) is 33.8. The van der Waals surface area contributed by atoms with Crippen LogP contribution in [0.4, 0.5) is 5.95 Å². The Balaban J connectivity index is 1.77. The maximum absolute atomic E-state index is 12.6. The van der Waals surface area contributed by atoms with Crippen LogP contribution >= 0.6 is 0 Å². The first-order valence-corrected chi connectivity index (χ1v) is 9.23. The molecule has 0 spiro atoms. The summed E-state index contributed by atoms with van der Waals surface area (Å²) in [7, 11) is 0. The average Bonchev–Trinajstić information content (AvgIpc) is 3.50. The van der Waals surface area contributed by atoms with E-state index in [9.17, 15) is 9.59 Å². The Morgan fingerprint density at radius 3 is 2.64 bits per heavy atom. The molecular weight excluding hydrogens is 354 g/mol. The number of aromatic nitrogens is 3. The van der Waals surface area contributed by atoms with Gasteiger partial charge in [0.05, 0.1) is 11.4 Å². The highest BCUT2D eigenvalue weighted by atomic mass is 16.1. The van der Waals surface area contributed by atoms with Crippen molar-refractivity contribution in [3.05, 3.63) is 70.7 Å². The molecule has 142 valence electrons. The number of nitrogens with one attached hydrogen (secondary N) is 2. The fraction of sp³-hybridized carbons (Fsp3) is 0.238. The standard InChI is InChI=1S/C21H21N5O2/c1-3-12-22-21-23-13(2)17-10-11-18(27)26(19(17)25-21)16-8-4-14(5-9-16)20(28)24-15-6-7-15/h3-5,8-11,15H,1,6-7,12H2,2H3,(H,24,28)(H,22,23,25). The topological polar surface area (TPSA) is 88.9 Å². The van der Waals surface area contributed by atoms with E-state index < -0.39 is 0 Å². The van der Waals surface area contributed by atoms with Crippen LogP contribution in [0.3, 0.4) is 0 Å². The van der Waals surface area contributed by atoms with E-state index in [0.29, 0.717) is 35.4 Å². The molecule has 0 aliphatic heterocycles. The van der Waals surface area contributed by atoms with Crippen LogP contribution < -0.4 is 16.2 Å². The minimum Gasteiger partial charge on any atom is -0.351 e. The zero-order valence-corrected chi connectivity index (χ0v) is 15.6. The van der Waals surface area contributed by atoms with Gasteiger partial charge in [0.1, 0.15) is 0 Å². The Morgan fingerprint density at radius 2 is 1.96 bits per heavy atom. The highest BCUT2D eigenvalue weighted by Crippen LogP contribution is 2.21. The third-order valence-electron chi connectivity index (χ3n) is 4.65. The van der Waals surface area contributed by atoms with Gasteiger partial charge in [-0.1, -0.05) is 6.08 Å². The van der Waals surface area contributed by atoms with E-state index in [1.54, 1.807) is 36.4 Å². The largest absolute Gasteiger partial charge is 0.351 e. The predicted molar refractivity (Wildman–Crippen MR) is 109 cm³/mol. The number of aryl methyl sites for hydroxylation is 1. The van der Waals surface area contributed by atoms with Crippen LogP contribution in [0.25, 0.3) is 16.7 Å². The van der Waals surface area contributed by atoms with Crippen molar-refractivity contribution in [3.8, 4) is 5.69 Å². The van der Waals surface area contributed by atoms with Crippen LogP contribution in [0.15, 0.2) is 53.8 Å². The van der Waals surface area contributed by atoms with Crippen molar-refractivity contribution in [2.75, 3.05) is 11.9 Å². The van der Waals surface area contributed by atoms with Crippen molar-refractivity contribution < 1.29 is 4.79 Å². The van der Waals surface area contributed by atoms with E-state index >= 15 is 0 Å². The molecule has 0 bridgehead atoms. The quantitative estimate of drug-likeness (QED) is 0.647. The number of anilines is 1. The third kappa shape index (κ3) is 3.51. The predicted octanol–water partition coefficient (Wildman–Crippen LogP) is 2.58. The molecule has 28 heavy (non-hydrogen) atoms. The van der Waals surface area contributed by atoms with Gasteiger partial charge in [0.2, 0.25) is 5.95 Å². The Labute approximate surface area is 162 Å². The first-order chi connectivity index (χ1) is 13.6. The van der Waals surface area contributed by atoms with Crippen molar-refractivity contribution in [2.24, 2.45) is 0 Å². The number of hydrogen-bond acceptors (Lipinski definition) is 5. The van der Waals surface area contributed by atoms with Crippen molar-refractivity contribution in [3.63, 3.8) is 0 Å². The van der Waals surface area contributed by atoms with Gasteiger partial charge in [-0.05, 0) is 50.1 Å². The molecule has 1 amide bonds. The summed E-state index contributed by atoms with van der Waals surface area (Å²) >= 11 is 0. The summed E-state index contributed by atoms with van der Waals surface area (Å²) in [6.45, 7) is 6.08. The molecule has 2 heterocycles. The lowest BCUT2D eigenvalue weighted by Crippen LogP contribution is -2.25. The van der Waals surface area contributed by atoms with Crippen LogP contribution in [0, 0.1) is 6.92 Å². The summed E-state index contributed by atoms with van der Waals surface area (Å²) in [5, 5.41) is 6.82. The Kier molecular flexibility index (Phi) is 4.65. The second-order valence-electron chi connectivity index (χ2n) is 6.84. The molecule has 2 aromatic heterocycles. The lowest BCUT2D eigenvalue weighted by molar-refractivity contribution is 0.0951. The Morgan fingerprint density at radius 1 is 1.21 bits per heavy atom. The molecule has 7 heteroatoms. The molecule has 0 atom stereocenters. The molecule has 0 radical (unpaired) electrons. The molecule has 4 rings (SSSR count). The zero-order valence-electron chi connectivity index (χ0n) is 15.6. The molecule has 1 aliphatic rings. The summed E-state index contributed by atoms with van der Waals surface area (Å²) in [6.07, 6.45) is 3.79. The monoisotopic (exact) mass is 375 g/mol. The van der Waals surface area contributed by atoms with Crippen LogP contribution in [-0.2, 0) is 0 Å². The smallest absolute Gasteiger partial charge is 0.256 e. The van der Waals surface area contributed by atoms with Crippen LogP contribution in [0.5, 0.6) is 0 Å². The Hall–Kier alpha value is -3.48. The first kappa shape index (κ1) is 17.9. The molecule has 3 aromatic rings. The number of amides is 1. The van der Waals surface area contributed by atoms with E-state index in [0.717, 1.165) is 23.9 Å². The highest BCUT2D eigenvalue weighted by Gasteiger charge is 2.23. The Bertz CT molecular complexity index is 1110. The van der Waals surface area contributed by atoms with E-state index in [-0.39, 0.29) is 11.5 Å². The number of hydrogen-bond donors (Lipinski definition) is 2. The fourth-order valence-electron chi connectivity index (χ4n) is 3.02. The number of carbonyl (C=O) groups is 1. The maximum atomic E-state index is 12.6. The minimum atomic E-state index is -0.199. The molecule has 1 saturated carbocycles. The summed E-state index contributed by atoms with van der Waals surface area (Å²) in [6, 6.07) is 10.5. The van der Waals surface area contributed by atoms with Crippen molar-refractivity contribution in [1.29, 1.82) is 0 Å². The lowest BCUT2D eigenvalue weighted by Gasteiger charge is -2.13. The molecule has 0 unspecified atom stereocenters. The van der Waals surface area contributed by atoms with E-state index in [1.165, 1.54) is 10.6 Å². The van der Waals surface area contributed by atoms with Crippen LogP contribution in [0.2, 0.25) is 0 Å². The molecule has 2 N–H and O–H groups in total. The van der Waals surface area contributed by atoms with Crippen molar-refractivity contribution >= 4 is 22.9 Å². The second kappa shape index (κ2) is 7.26. The molecular formula is C21H21N5O2. The number of rotatable bonds is 6. The van der Waals surface area contributed by atoms with Crippen molar-refractivity contribution in [2.45, 2.75) is 25.8 Å². The second-order valence-corrected chi connectivity index (χ2v) is 6.84. The summed E-state index contributed by atoms with van der Waals surface area (Å²) in [5.74, 6) is 0.345. The van der Waals surface area contributed by atoms with Gasteiger partial charge in [-0.25, -0.2) is 4.98 Å². The van der Waals surface area contributed by atoms with Gasteiger partial charge < -0.3 is 10.6 Å². The number of nitrogens with zero attached hydrogens (tertiary/aromatic N) is 3.